The van der Waals surface area contributed by atoms with E-state index in [1.54, 1.807) is 28.8 Å². The highest BCUT2D eigenvalue weighted by Gasteiger charge is 2.58. The summed E-state index contributed by atoms with van der Waals surface area (Å²) in [7, 11) is 0. The number of fused-ring (bicyclic) bond motifs is 6. The van der Waals surface area contributed by atoms with Gasteiger partial charge in [-0.3, -0.25) is 14.2 Å². The topological polar surface area (TPSA) is 70.4 Å². The monoisotopic (exact) mass is 668 g/mol. The lowest BCUT2D eigenvalue weighted by Gasteiger charge is -2.28. The fourth-order valence-electron chi connectivity index (χ4n) is 5.77. The number of para-hydroxylation sites is 1. The van der Waals surface area contributed by atoms with E-state index in [1.165, 1.54) is 0 Å². The molecule has 3 heterocycles. The molecule has 4 aromatic carbocycles. The van der Waals surface area contributed by atoms with Crippen LogP contribution in [0.4, 0.5) is 0 Å². The molecular weight excluding hydrogens is 648 g/mol. The van der Waals surface area contributed by atoms with Crippen molar-refractivity contribution < 1.29 is 14.3 Å². The molecular formula is C33H22Br2N2O4. The second-order valence-corrected chi connectivity index (χ2v) is 12.0. The Kier molecular flexibility index (Phi) is 6.21. The van der Waals surface area contributed by atoms with Gasteiger partial charge in [-0.2, -0.15) is 0 Å². The van der Waals surface area contributed by atoms with E-state index in [-0.39, 0.29) is 24.4 Å². The van der Waals surface area contributed by atoms with Crippen LogP contribution in [0.3, 0.4) is 0 Å². The molecule has 5 aromatic rings. The number of ether oxygens (including phenoxy) is 2. The van der Waals surface area contributed by atoms with E-state index in [2.05, 4.69) is 38.4 Å². The molecule has 1 fully saturated rings. The third-order valence-electron chi connectivity index (χ3n) is 7.73. The van der Waals surface area contributed by atoms with Gasteiger partial charge in [-0.05, 0) is 47.5 Å². The summed E-state index contributed by atoms with van der Waals surface area (Å²) in [6, 6.07) is 28.0. The van der Waals surface area contributed by atoms with Gasteiger partial charge >= 0.3 is 0 Å². The molecule has 0 amide bonds. The normalized spacial score (nSPS) is 20.7. The number of benzene rings is 4. The van der Waals surface area contributed by atoms with Crippen LogP contribution in [0, 0.1) is 0 Å². The first-order valence-electron chi connectivity index (χ1n) is 13.0. The van der Waals surface area contributed by atoms with E-state index in [0.717, 1.165) is 14.5 Å². The maximum Gasteiger partial charge on any atom is 0.266 e. The van der Waals surface area contributed by atoms with Gasteiger partial charge in [-0.15, -0.1) is 0 Å². The zero-order valence-electron chi connectivity index (χ0n) is 21.6. The zero-order valence-corrected chi connectivity index (χ0v) is 24.8. The van der Waals surface area contributed by atoms with Crippen LogP contribution in [0.2, 0.25) is 0 Å². The van der Waals surface area contributed by atoms with Crippen LogP contribution >= 0.6 is 31.9 Å². The van der Waals surface area contributed by atoms with Crippen molar-refractivity contribution in [3.8, 4) is 5.69 Å². The molecule has 2 atom stereocenters. The fraction of sp³-hybridized carbons (Fsp3) is 0.121. The molecule has 2 aliphatic rings. The Bertz CT molecular complexity index is 1970. The van der Waals surface area contributed by atoms with E-state index in [0.29, 0.717) is 39.1 Å². The van der Waals surface area contributed by atoms with Crippen LogP contribution in [0.1, 0.15) is 32.9 Å². The molecule has 0 saturated carbocycles. The van der Waals surface area contributed by atoms with E-state index in [4.69, 9.17) is 14.5 Å². The van der Waals surface area contributed by atoms with Gasteiger partial charge in [0, 0.05) is 26.5 Å². The summed E-state index contributed by atoms with van der Waals surface area (Å²) in [5.41, 5.74) is 2.58. The van der Waals surface area contributed by atoms with E-state index >= 15 is 0 Å². The molecule has 0 aliphatic carbocycles. The van der Waals surface area contributed by atoms with Crippen molar-refractivity contribution >= 4 is 48.5 Å². The van der Waals surface area contributed by atoms with Gasteiger partial charge in [0.2, 0.25) is 0 Å². The molecule has 8 heteroatoms. The first kappa shape index (κ1) is 26.2. The Morgan fingerprint density at radius 3 is 2.51 bits per heavy atom. The Balaban J connectivity index is 1.40. The van der Waals surface area contributed by atoms with Crippen LogP contribution < -0.4 is 5.56 Å². The molecule has 7 rings (SSSR count). The van der Waals surface area contributed by atoms with E-state index < -0.39 is 11.4 Å². The Hall–Kier alpha value is -3.69. The lowest BCUT2D eigenvalue weighted by atomic mass is 9.95. The summed E-state index contributed by atoms with van der Waals surface area (Å²) in [5.74, 6) is -1.18. The first-order chi connectivity index (χ1) is 19.8. The van der Waals surface area contributed by atoms with Gasteiger partial charge in [-0.1, -0.05) is 99.1 Å². The van der Waals surface area contributed by atoms with Gasteiger partial charge in [0.25, 0.3) is 11.3 Å². The second-order valence-electron chi connectivity index (χ2n) is 10.1. The maximum atomic E-state index is 14.3. The van der Waals surface area contributed by atoms with Crippen LogP contribution in [-0.4, -0.2) is 21.9 Å². The van der Waals surface area contributed by atoms with Gasteiger partial charge in [-0.25, -0.2) is 4.98 Å². The van der Waals surface area contributed by atoms with Crippen LogP contribution in [-0.2, 0) is 27.3 Å². The Morgan fingerprint density at radius 2 is 1.73 bits per heavy atom. The lowest BCUT2D eigenvalue weighted by Crippen LogP contribution is -2.34. The highest BCUT2D eigenvalue weighted by molar-refractivity contribution is 9.10. The van der Waals surface area contributed by atoms with E-state index in [9.17, 15) is 9.59 Å². The summed E-state index contributed by atoms with van der Waals surface area (Å²) < 4.78 is 16.7. The highest BCUT2D eigenvalue weighted by atomic mass is 79.9. The number of carbonyl (C=O) groups excluding carboxylic acids is 1. The minimum Gasteiger partial charge on any atom is -0.336 e. The average molecular weight is 670 g/mol. The number of rotatable bonds is 5. The minimum absolute atomic E-state index is 0.0618. The van der Waals surface area contributed by atoms with Crippen LogP contribution in [0.25, 0.3) is 16.6 Å². The molecule has 0 N–H and O–H groups in total. The predicted molar refractivity (Wildman–Crippen MR) is 163 cm³/mol. The number of hydrogen-bond acceptors (Lipinski definition) is 5. The van der Waals surface area contributed by atoms with Crippen molar-refractivity contribution in [2.24, 2.45) is 0 Å². The molecule has 6 nitrogen and oxygen atoms in total. The van der Waals surface area contributed by atoms with Crippen LogP contribution in [0.15, 0.2) is 117 Å². The number of nitrogens with zero attached hydrogens (tertiary/aromatic N) is 2. The molecule has 1 aromatic heterocycles. The third-order valence-corrected chi connectivity index (χ3v) is 8.72. The SMILES string of the molecule is C=CC1(c2cccc(Br)c2)COC2(O1)c1ccccc1-n1c2nc2cccc(CC(=O)c3cccc(Br)c3)c2c1=O. The van der Waals surface area contributed by atoms with Crippen molar-refractivity contribution in [2.45, 2.75) is 17.8 Å². The summed E-state index contributed by atoms with van der Waals surface area (Å²) in [4.78, 5) is 32.5. The van der Waals surface area contributed by atoms with E-state index in [1.807, 2.05) is 72.8 Å². The fourth-order valence-corrected chi connectivity index (χ4v) is 6.57. The van der Waals surface area contributed by atoms with Gasteiger partial charge in [0.05, 0.1) is 23.2 Å². The number of Topliss-reactive ketones (excluding diaryl/α,β-unsaturated/α-hetero) is 1. The van der Waals surface area contributed by atoms with Gasteiger partial charge in [0.15, 0.2) is 11.6 Å². The molecule has 41 heavy (non-hydrogen) atoms. The Morgan fingerprint density at radius 1 is 0.976 bits per heavy atom. The van der Waals surface area contributed by atoms with Crippen molar-refractivity contribution in [2.75, 3.05) is 6.61 Å². The largest absolute Gasteiger partial charge is 0.336 e. The summed E-state index contributed by atoms with van der Waals surface area (Å²) in [6.07, 6.45) is 1.80. The predicted octanol–water partition coefficient (Wildman–Crippen LogP) is 6.98. The average Bonchev–Trinajstić information content (AvgIpc) is 3.51. The van der Waals surface area contributed by atoms with Gasteiger partial charge < -0.3 is 9.47 Å². The first-order valence-corrected chi connectivity index (χ1v) is 14.6. The second kappa shape index (κ2) is 9.70. The minimum atomic E-state index is -1.43. The number of carbonyl (C=O) groups is 1. The number of aromatic nitrogens is 2. The lowest BCUT2D eigenvalue weighted by molar-refractivity contribution is -0.159. The molecule has 2 unspecified atom stereocenters. The molecule has 202 valence electrons. The standard InChI is InChI=1S/C33H22Br2N2O4/c1-2-32(22-10-7-12-24(35)18-22)19-40-33(41-32)25-13-3-4-15-27(25)37-30(39)29-21(9-6-14-26(29)36-31(33)37)17-28(38)20-8-5-11-23(34)16-20/h2-16,18H,1,17,19H2. The summed E-state index contributed by atoms with van der Waals surface area (Å²) >= 11 is 6.98. The van der Waals surface area contributed by atoms with Crippen molar-refractivity contribution in [3.63, 3.8) is 0 Å². The molecule has 0 bridgehead atoms. The molecule has 1 saturated heterocycles. The number of hydrogen-bond donors (Lipinski definition) is 0. The van der Waals surface area contributed by atoms with Crippen molar-refractivity contribution in [1.29, 1.82) is 0 Å². The highest BCUT2D eigenvalue weighted by Crippen LogP contribution is 2.53. The van der Waals surface area contributed by atoms with Crippen molar-refractivity contribution in [1.82, 2.24) is 9.55 Å². The van der Waals surface area contributed by atoms with Crippen molar-refractivity contribution in [3.05, 3.63) is 151 Å². The molecule has 0 radical (unpaired) electrons. The Labute approximate surface area is 252 Å². The summed E-state index contributed by atoms with van der Waals surface area (Å²) in [5, 5.41) is 0.395. The zero-order chi connectivity index (χ0) is 28.4. The molecule has 1 spiro atoms. The third kappa shape index (κ3) is 4.00. The maximum absolute atomic E-state index is 14.3. The number of ketones is 1. The van der Waals surface area contributed by atoms with Gasteiger partial charge in [0.1, 0.15) is 5.60 Å². The smallest absolute Gasteiger partial charge is 0.266 e. The van der Waals surface area contributed by atoms with Crippen LogP contribution in [0.5, 0.6) is 0 Å². The molecule has 2 aliphatic heterocycles. The summed E-state index contributed by atoms with van der Waals surface area (Å²) in [6.45, 7) is 4.26. The number of halogens is 2. The quantitative estimate of drug-likeness (QED) is 0.149.